The second-order valence-corrected chi connectivity index (χ2v) is 9.11. The number of carboxylic acid groups (broad SMARTS) is 1. The lowest BCUT2D eigenvalue weighted by atomic mass is 9.70. The number of carboxylic acids is 1. The van der Waals surface area contributed by atoms with Crippen LogP contribution in [0.15, 0.2) is 24.3 Å². The number of ketones is 1. The molecule has 1 aromatic carbocycles. The first-order valence-electron chi connectivity index (χ1n) is 11.4. The van der Waals surface area contributed by atoms with Crippen LogP contribution >= 0.6 is 0 Å². The molecule has 3 aliphatic heterocycles. The standard InChI is InChI=1S/C24H28N2O11/c1-34-15-8-12(9-16(35-2)20(15)36-3)26-21(31)18-19(22(26)32)24(11-27)7-6-23(18,37-24)10-14(28)13(25-33)4-5-17(29)30/h6-9,13,18-19,25,27,33H,4-5,10-11H2,1-3H3,(H,29,30)/t13-,18?,19?,23+,24-/m0/s1. The van der Waals surface area contributed by atoms with Crippen molar-refractivity contribution in [3.63, 3.8) is 0 Å². The Morgan fingerprint density at radius 3 is 2.11 bits per heavy atom. The van der Waals surface area contributed by atoms with E-state index in [4.69, 9.17) is 24.1 Å². The van der Waals surface area contributed by atoms with Crippen LogP contribution in [-0.4, -0.2) is 84.2 Å². The number of Topliss-reactive ketones (excluding diaryl/α,β-unsaturated/α-hetero) is 1. The highest BCUT2D eigenvalue weighted by Crippen LogP contribution is 2.59. The minimum atomic E-state index is -1.58. The largest absolute Gasteiger partial charge is 0.493 e. The summed E-state index contributed by atoms with van der Waals surface area (Å²) in [6.07, 6.45) is 1.94. The van der Waals surface area contributed by atoms with E-state index in [1.807, 2.05) is 5.48 Å². The van der Waals surface area contributed by atoms with Gasteiger partial charge in [-0.25, -0.2) is 4.90 Å². The Morgan fingerprint density at radius 2 is 1.62 bits per heavy atom. The lowest BCUT2D eigenvalue weighted by molar-refractivity contribution is -0.138. The van der Waals surface area contributed by atoms with E-state index >= 15 is 0 Å². The number of amides is 2. The van der Waals surface area contributed by atoms with Gasteiger partial charge in [-0.05, 0) is 6.42 Å². The molecule has 0 aliphatic carbocycles. The maximum atomic E-state index is 13.8. The zero-order chi connectivity index (χ0) is 27.1. The molecule has 1 aromatic rings. The van der Waals surface area contributed by atoms with Gasteiger partial charge in [-0.3, -0.25) is 19.2 Å². The molecule has 37 heavy (non-hydrogen) atoms. The number of ether oxygens (including phenoxy) is 4. The van der Waals surface area contributed by atoms with E-state index in [2.05, 4.69) is 0 Å². The molecule has 2 bridgehead atoms. The molecule has 13 heteroatoms. The first-order valence-corrected chi connectivity index (χ1v) is 11.4. The minimum absolute atomic E-state index is 0.143. The van der Waals surface area contributed by atoms with Crippen LogP contribution in [0.4, 0.5) is 5.69 Å². The zero-order valence-corrected chi connectivity index (χ0v) is 20.4. The number of anilines is 1. The summed E-state index contributed by atoms with van der Waals surface area (Å²) in [6, 6.07) is 1.65. The number of hydrogen-bond donors (Lipinski definition) is 4. The fraction of sp³-hybridized carbons (Fsp3) is 0.500. The Balaban J connectivity index is 1.71. The third-order valence-corrected chi connectivity index (χ3v) is 7.18. The number of benzene rings is 1. The van der Waals surface area contributed by atoms with E-state index in [9.17, 15) is 29.5 Å². The van der Waals surface area contributed by atoms with Gasteiger partial charge in [0.05, 0.1) is 51.5 Å². The first kappa shape index (κ1) is 26.5. The molecule has 4 rings (SSSR count). The predicted molar refractivity (Wildman–Crippen MR) is 124 cm³/mol. The SMILES string of the molecule is COc1cc(N2C(=O)C3C(C2=O)[C@@]2(CO)C=C[C@]3(CC(=O)[C@H](CCC(=O)O)NO)O2)cc(OC)c1OC. The maximum Gasteiger partial charge on any atom is 0.303 e. The van der Waals surface area contributed by atoms with Gasteiger partial charge in [-0.2, -0.15) is 5.48 Å². The van der Waals surface area contributed by atoms with Crippen molar-refractivity contribution in [1.82, 2.24) is 5.48 Å². The van der Waals surface area contributed by atoms with Crippen LogP contribution in [0.5, 0.6) is 17.2 Å². The Kier molecular flexibility index (Phi) is 6.99. The average molecular weight is 520 g/mol. The normalized spacial score (nSPS) is 28.4. The molecule has 200 valence electrons. The number of aliphatic hydroxyl groups is 1. The molecule has 3 heterocycles. The number of hydrogen-bond acceptors (Lipinski definition) is 11. The molecule has 0 radical (unpaired) electrons. The number of imide groups is 1. The van der Waals surface area contributed by atoms with Crippen molar-refractivity contribution in [2.45, 2.75) is 36.5 Å². The number of methoxy groups -OCH3 is 3. The van der Waals surface area contributed by atoms with E-state index in [0.717, 1.165) is 4.90 Å². The number of nitrogens with one attached hydrogen (secondary N) is 1. The first-order chi connectivity index (χ1) is 17.6. The highest BCUT2D eigenvalue weighted by atomic mass is 16.6. The molecular weight excluding hydrogens is 492 g/mol. The van der Waals surface area contributed by atoms with Crippen molar-refractivity contribution in [2.75, 3.05) is 32.8 Å². The molecule has 0 aromatic heterocycles. The highest BCUT2D eigenvalue weighted by Gasteiger charge is 2.73. The third kappa shape index (κ3) is 4.03. The second kappa shape index (κ2) is 9.74. The Labute approximate surface area is 211 Å². The lowest BCUT2D eigenvalue weighted by Crippen LogP contribution is -2.46. The van der Waals surface area contributed by atoms with Gasteiger partial charge in [-0.15, -0.1) is 0 Å². The quantitative estimate of drug-likeness (QED) is 0.165. The van der Waals surface area contributed by atoms with Crippen LogP contribution in [0, 0.1) is 11.8 Å². The van der Waals surface area contributed by atoms with Crippen LogP contribution in [0.3, 0.4) is 0 Å². The average Bonchev–Trinajstić information content (AvgIpc) is 3.49. The van der Waals surface area contributed by atoms with Crippen LogP contribution in [0.25, 0.3) is 0 Å². The summed E-state index contributed by atoms with van der Waals surface area (Å²) in [5.74, 6) is -4.66. The number of carbonyl (C=O) groups is 4. The summed E-state index contributed by atoms with van der Waals surface area (Å²) < 4.78 is 22.1. The lowest BCUT2D eigenvalue weighted by Gasteiger charge is -2.30. The molecule has 2 unspecified atom stereocenters. The van der Waals surface area contributed by atoms with Gasteiger partial charge in [0, 0.05) is 25.0 Å². The Bertz CT molecular complexity index is 1140. The summed E-state index contributed by atoms with van der Waals surface area (Å²) in [4.78, 5) is 52.4. The summed E-state index contributed by atoms with van der Waals surface area (Å²) in [5, 5.41) is 28.6. The van der Waals surface area contributed by atoms with E-state index < -0.39 is 65.7 Å². The smallest absolute Gasteiger partial charge is 0.303 e. The van der Waals surface area contributed by atoms with Crippen LogP contribution in [0.1, 0.15) is 19.3 Å². The molecule has 5 atom stereocenters. The summed E-state index contributed by atoms with van der Waals surface area (Å²) in [6.45, 7) is -0.622. The van der Waals surface area contributed by atoms with Crippen molar-refractivity contribution in [1.29, 1.82) is 0 Å². The topological polar surface area (TPSA) is 181 Å². The number of aliphatic hydroxyl groups excluding tert-OH is 1. The fourth-order valence-electron chi connectivity index (χ4n) is 5.49. The summed E-state index contributed by atoms with van der Waals surface area (Å²) in [5.41, 5.74) is -1.15. The Hall–Kier alpha value is -3.52. The van der Waals surface area contributed by atoms with Crippen molar-refractivity contribution in [3.8, 4) is 17.2 Å². The summed E-state index contributed by atoms with van der Waals surface area (Å²) in [7, 11) is 4.19. The van der Waals surface area contributed by atoms with Crippen LogP contribution in [0.2, 0.25) is 0 Å². The van der Waals surface area contributed by atoms with Gasteiger partial charge in [0.1, 0.15) is 11.2 Å². The van der Waals surface area contributed by atoms with Gasteiger partial charge in [0.15, 0.2) is 17.3 Å². The number of carbonyl (C=O) groups excluding carboxylic acids is 3. The zero-order valence-electron chi connectivity index (χ0n) is 20.4. The number of rotatable bonds is 12. The molecule has 0 spiro atoms. The van der Waals surface area contributed by atoms with Crippen LogP contribution in [-0.2, 0) is 23.9 Å². The molecular formula is C24H28N2O11. The fourth-order valence-corrected chi connectivity index (χ4v) is 5.49. The van der Waals surface area contributed by atoms with Gasteiger partial charge in [-0.1, -0.05) is 12.2 Å². The predicted octanol–water partition coefficient (Wildman–Crippen LogP) is 0.0593. The number of aliphatic carboxylic acids is 1. The van der Waals surface area contributed by atoms with Gasteiger partial charge in [0.25, 0.3) is 0 Å². The monoisotopic (exact) mass is 520 g/mol. The summed E-state index contributed by atoms with van der Waals surface area (Å²) >= 11 is 0. The highest BCUT2D eigenvalue weighted by molar-refractivity contribution is 6.24. The molecule has 4 N–H and O–H groups in total. The van der Waals surface area contributed by atoms with Crippen molar-refractivity contribution >= 4 is 29.3 Å². The minimum Gasteiger partial charge on any atom is -0.493 e. The van der Waals surface area contributed by atoms with E-state index in [1.54, 1.807) is 0 Å². The number of nitrogens with zero attached hydrogens (tertiary/aromatic N) is 1. The van der Waals surface area contributed by atoms with Gasteiger partial charge < -0.3 is 34.4 Å². The molecule has 0 saturated carbocycles. The Morgan fingerprint density at radius 1 is 1.05 bits per heavy atom. The van der Waals surface area contributed by atoms with E-state index in [-0.39, 0.29) is 35.8 Å². The van der Waals surface area contributed by atoms with Crippen LogP contribution < -0.4 is 24.6 Å². The molecule has 2 saturated heterocycles. The van der Waals surface area contributed by atoms with Gasteiger partial charge in [0.2, 0.25) is 17.6 Å². The van der Waals surface area contributed by atoms with Crippen molar-refractivity contribution in [2.24, 2.45) is 11.8 Å². The molecule has 2 fully saturated rings. The second-order valence-electron chi connectivity index (χ2n) is 9.11. The molecule has 13 nitrogen and oxygen atoms in total. The number of fused-ring (bicyclic) bond motifs is 5. The van der Waals surface area contributed by atoms with E-state index in [0.29, 0.717) is 0 Å². The maximum absolute atomic E-state index is 13.8. The van der Waals surface area contributed by atoms with Crippen molar-refractivity contribution in [3.05, 3.63) is 24.3 Å². The van der Waals surface area contributed by atoms with Gasteiger partial charge >= 0.3 is 5.97 Å². The molecule has 2 amide bonds. The van der Waals surface area contributed by atoms with E-state index in [1.165, 1.54) is 45.6 Å². The third-order valence-electron chi connectivity index (χ3n) is 7.18. The molecule has 3 aliphatic rings. The number of hydroxylamine groups is 1. The van der Waals surface area contributed by atoms with Crippen molar-refractivity contribution < 1.29 is 53.5 Å².